The minimum absolute atomic E-state index is 0.210. The fourth-order valence-electron chi connectivity index (χ4n) is 1.86. The summed E-state index contributed by atoms with van der Waals surface area (Å²) in [6, 6.07) is 2.05. The van der Waals surface area contributed by atoms with Crippen molar-refractivity contribution in [3.8, 4) is 0 Å². The van der Waals surface area contributed by atoms with E-state index in [1.165, 1.54) is 5.69 Å². The molecule has 1 rings (SSSR count). The topological polar surface area (TPSA) is 29.9 Å². The van der Waals surface area contributed by atoms with Crippen molar-refractivity contribution in [2.24, 2.45) is 12.5 Å². The maximum absolute atomic E-state index is 6.28. The normalized spacial score (nSPS) is 13.9. The van der Waals surface area contributed by atoms with E-state index in [0.29, 0.717) is 5.41 Å². The molecule has 0 bridgehead atoms. The zero-order valence-corrected chi connectivity index (χ0v) is 12.1. The Kier molecular flexibility index (Phi) is 5.47. The molecule has 0 radical (unpaired) electrons. The molecule has 0 spiro atoms. The van der Waals surface area contributed by atoms with E-state index in [9.17, 15) is 0 Å². The van der Waals surface area contributed by atoms with E-state index in [2.05, 4.69) is 37.3 Å². The number of aryl methyl sites for hydroxylation is 1. The Balaban J connectivity index is 2.14. The number of hydrogen-bond donors (Lipinski definition) is 1. The van der Waals surface area contributed by atoms with Gasteiger partial charge in [-0.3, -0.25) is 4.68 Å². The van der Waals surface area contributed by atoms with Crippen LogP contribution in [-0.2, 0) is 13.5 Å². The number of nitrogens with one attached hydrogen (secondary N) is 1. The van der Waals surface area contributed by atoms with Gasteiger partial charge in [-0.15, -0.1) is 11.6 Å². The molecule has 3 nitrogen and oxygen atoms in total. The van der Waals surface area contributed by atoms with E-state index in [1.807, 2.05) is 17.9 Å². The first-order valence-electron chi connectivity index (χ1n) is 6.20. The van der Waals surface area contributed by atoms with Crippen LogP contribution in [0.3, 0.4) is 0 Å². The van der Waals surface area contributed by atoms with Gasteiger partial charge in [-0.25, -0.2) is 0 Å². The van der Waals surface area contributed by atoms with Gasteiger partial charge in [-0.05, 0) is 17.9 Å². The Labute approximate surface area is 110 Å². The quantitative estimate of drug-likeness (QED) is 0.627. The lowest BCUT2D eigenvalue weighted by Gasteiger charge is -2.22. The summed E-state index contributed by atoms with van der Waals surface area (Å²) in [5.74, 6) is 0. The Hall–Kier alpha value is -0.540. The van der Waals surface area contributed by atoms with Crippen LogP contribution in [0.25, 0.3) is 0 Å². The van der Waals surface area contributed by atoms with E-state index in [0.717, 1.165) is 25.9 Å². The predicted molar refractivity (Wildman–Crippen MR) is 73.5 cm³/mol. The lowest BCUT2D eigenvalue weighted by molar-refractivity contribution is 0.365. The first-order chi connectivity index (χ1) is 7.88. The number of hydrogen-bond acceptors (Lipinski definition) is 2. The van der Waals surface area contributed by atoms with Crippen LogP contribution >= 0.6 is 11.6 Å². The molecule has 4 heteroatoms. The van der Waals surface area contributed by atoms with E-state index in [1.54, 1.807) is 0 Å². The third-order valence-electron chi connectivity index (χ3n) is 2.68. The van der Waals surface area contributed by atoms with Crippen LogP contribution < -0.4 is 5.32 Å². The van der Waals surface area contributed by atoms with Crippen molar-refractivity contribution in [1.29, 1.82) is 0 Å². The molecular formula is C13H24ClN3. The molecule has 1 unspecified atom stereocenters. The van der Waals surface area contributed by atoms with Crippen LogP contribution in [0.1, 0.15) is 32.9 Å². The molecule has 17 heavy (non-hydrogen) atoms. The minimum Gasteiger partial charge on any atom is -0.315 e. The largest absolute Gasteiger partial charge is 0.315 e. The monoisotopic (exact) mass is 257 g/mol. The highest BCUT2D eigenvalue weighted by Crippen LogP contribution is 2.23. The fraction of sp³-hybridized carbons (Fsp3) is 0.769. The standard InChI is InChI=1S/C13H24ClN3/c1-13(2,3)9-11(14)10-15-7-5-12-6-8-16-17(12)4/h6,8,11,15H,5,7,9-10H2,1-4H3. The Morgan fingerprint density at radius 1 is 1.47 bits per heavy atom. The van der Waals surface area contributed by atoms with E-state index in [-0.39, 0.29) is 5.38 Å². The smallest absolute Gasteiger partial charge is 0.0492 e. The zero-order chi connectivity index (χ0) is 12.9. The van der Waals surface area contributed by atoms with Crippen molar-refractivity contribution >= 4 is 11.6 Å². The zero-order valence-electron chi connectivity index (χ0n) is 11.3. The van der Waals surface area contributed by atoms with Crippen LogP contribution in [0.4, 0.5) is 0 Å². The van der Waals surface area contributed by atoms with Crippen LogP contribution in [0.5, 0.6) is 0 Å². The molecule has 1 aromatic rings. The second kappa shape index (κ2) is 6.41. The van der Waals surface area contributed by atoms with Crippen LogP contribution in [0.15, 0.2) is 12.3 Å². The highest BCUT2D eigenvalue weighted by Gasteiger charge is 2.16. The van der Waals surface area contributed by atoms with Crippen molar-refractivity contribution in [2.75, 3.05) is 13.1 Å². The first kappa shape index (κ1) is 14.5. The Morgan fingerprint density at radius 2 is 2.18 bits per heavy atom. The predicted octanol–water partition coefficient (Wildman–Crippen LogP) is 2.60. The van der Waals surface area contributed by atoms with Gasteiger partial charge in [0.05, 0.1) is 0 Å². The van der Waals surface area contributed by atoms with Crippen molar-refractivity contribution in [3.05, 3.63) is 18.0 Å². The van der Waals surface area contributed by atoms with Gasteiger partial charge in [0.2, 0.25) is 0 Å². The molecule has 0 amide bonds. The van der Waals surface area contributed by atoms with Gasteiger partial charge < -0.3 is 5.32 Å². The summed E-state index contributed by atoms with van der Waals surface area (Å²) in [6.07, 6.45) is 3.86. The molecule has 0 saturated carbocycles. The molecular weight excluding hydrogens is 234 g/mol. The van der Waals surface area contributed by atoms with Crippen LogP contribution in [-0.4, -0.2) is 28.2 Å². The average Bonchev–Trinajstić information content (AvgIpc) is 2.56. The summed E-state index contributed by atoms with van der Waals surface area (Å²) in [6.45, 7) is 8.48. The lowest BCUT2D eigenvalue weighted by Crippen LogP contribution is -2.28. The van der Waals surface area contributed by atoms with Gasteiger partial charge in [0.25, 0.3) is 0 Å². The maximum Gasteiger partial charge on any atom is 0.0492 e. The molecule has 1 N–H and O–H groups in total. The number of alkyl halides is 1. The van der Waals surface area contributed by atoms with E-state index >= 15 is 0 Å². The van der Waals surface area contributed by atoms with Crippen molar-refractivity contribution in [3.63, 3.8) is 0 Å². The summed E-state index contributed by atoms with van der Waals surface area (Å²) >= 11 is 6.28. The Morgan fingerprint density at radius 3 is 2.71 bits per heavy atom. The van der Waals surface area contributed by atoms with Crippen LogP contribution in [0, 0.1) is 5.41 Å². The first-order valence-corrected chi connectivity index (χ1v) is 6.64. The number of rotatable bonds is 6. The highest BCUT2D eigenvalue weighted by molar-refractivity contribution is 6.20. The van der Waals surface area contributed by atoms with E-state index in [4.69, 9.17) is 11.6 Å². The SMILES string of the molecule is Cn1nccc1CCNCC(Cl)CC(C)(C)C. The summed E-state index contributed by atoms with van der Waals surface area (Å²) in [5, 5.41) is 7.75. The lowest BCUT2D eigenvalue weighted by atomic mass is 9.90. The van der Waals surface area contributed by atoms with Gasteiger partial charge >= 0.3 is 0 Å². The number of halogens is 1. The summed E-state index contributed by atoms with van der Waals surface area (Å²) in [5.41, 5.74) is 1.55. The number of aromatic nitrogens is 2. The highest BCUT2D eigenvalue weighted by atomic mass is 35.5. The van der Waals surface area contributed by atoms with Gasteiger partial charge in [-0.2, -0.15) is 5.10 Å². The van der Waals surface area contributed by atoms with Gasteiger partial charge in [0, 0.05) is 43.8 Å². The molecule has 0 aromatic carbocycles. The van der Waals surface area contributed by atoms with Crippen LogP contribution in [0.2, 0.25) is 0 Å². The summed E-state index contributed by atoms with van der Waals surface area (Å²) in [7, 11) is 1.97. The van der Waals surface area contributed by atoms with Crippen molar-refractivity contribution in [2.45, 2.75) is 39.0 Å². The summed E-state index contributed by atoms with van der Waals surface area (Å²) in [4.78, 5) is 0. The molecule has 1 aromatic heterocycles. The minimum atomic E-state index is 0.210. The van der Waals surface area contributed by atoms with Gasteiger partial charge in [-0.1, -0.05) is 20.8 Å². The third kappa shape index (κ3) is 6.08. The average molecular weight is 258 g/mol. The van der Waals surface area contributed by atoms with Gasteiger partial charge in [0.1, 0.15) is 0 Å². The second-order valence-corrected chi connectivity index (χ2v) is 6.38. The fourth-order valence-corrected chi connectivity index (χ4v) is 2.43. The molecule has 0 fully saturated rings. The third-order valence-corrected chi connectivity index (χ3v) is 2.99. The van der Waals surface area contributed by atoms with Crippen molar-refractivity contribution in [1.82, 2.24) is 15.1 Å². The molecule has 98 valence electrons. The molecule has 0 aliphatic carbocycles. The molecule has 0 aliphatic rings. The van der Waals surface area contributed by atoms with Gasteiger partial charge in [0.15, 0.2) is 0 Å². The van der Waals surface area contributed by atoms with E-state index < -0.39 is 0 Å². The molecule has 0 saturated heterocycles. The van der Waals surface area contributed by atoms with Crippen molar-refractivity contribution < 1.29 is 0 Å². The molecule has 0 aliphatic heterocycles. The molecule has 1 heterocycles. The Bertz CT molecular complexity index is 328. The number of nitrogens with zero attached hydrogens (tertiary/aromatic N) is 2. The maximum atomic E-state index is 6.28. The molecule has 1 atom stereocenters. The summed E-state index contributed by atoms with van der Waals surface area (Å²) < 4.78 is 1.91. The second-order valence-electron chi connectivity index (χ2n) is 5.76.